The Bertz CT molecular complexity index is 1480. The first-order valence-corrected chi connectivity index (χ1v) is 13.4. The molecule has 0 radical (unpaired) electrons. The number of esters is 1. The number of carbonyl (C=O) groups is 3. The van der Waals surface area contributed by atoms with Crippen molar-refractivity contribution in [2.75, 3.05) is 18.6 Å². The van der Waals surface area contributed by atoms with Gasteiger partial charge in [-0.2, -0.15) is 0 Å². The molecule has 1 unspecified atom stereocenters. The monoisotopic (exact) mass is 548 g/mol. The maximum absolute atomic E-state index is 13.5. The second kappa shape index (κ2) is 10.6. The molecule has 0 spiro atoms. The van der Waals surface area contributed by atoms with Crippen LogP contribution in [0.3, 0.4) is 0 Å². The summed E-state index contributed by atoms with van der Waals surface area (Å²) in [7, 11) is 1.54. The van der Waals surface area contributed by atoms with Gasteiger partial charge >= 0.3 is 11.9 Å². The van der Waals surface area contributed by atoms with Gasteiger partial charge in [-0.15, -0.1) is 0 Å². The number of nitrogens with zero attached hydrogens (tertiary/aromatic N) is 2. The molecule has 1 fully saturated rings. The van der Waals surface area contributed by atoms with E-state index in [1.807, 2.05) is 24.3 Å². The molecule has 0 bridgehead atoms. The Morgan fingerprint density at radius 2 is 1.77 bits per heavy atom. The fourth-order valence-corrected chi connectivity index (χ4v) is 5.54. The molecule has 1 aliphatic heterocycles. The van der Waals surface area contributed by atoms with Crippen LogP contribution in [0.1, 0.15) is 71.4 Å². The Labute approximate surface area is 231 Å². The van der Waals surface area contributed by atoms with Crippen molar-refractivity contribution in [3.63, 3.8) is 0 Å². The van der Waals surface area contributed by atoms with Gasteiger partial charge in [0.15, 0.2) is 5.13 Å². The highest BCUT2D eigenvalue weighted by molar-refractivity contribution is 7.17. The molecule has 2 heterocycles. The molecule has 204 valence electrons. The largest absolute Gasteiger partial charge is 0.507 e. The van der Waals surface area contributed by atoms with E-state index in [9.17, 15) is 19.5 Å². The molecule has 0 aliphatic carbocycles. The number of Topliss-reactive ketones (excluding diaryl/α,β-unsaturated/α-hetero) is 1. The predicted octanol–water partition coefficient (Wildman–Crippen LogP) is 5.87. The fraction of sp³-hybridized carbons (Fsp3) is 0.333. The quantitative estimate of drug-likeness (QED) is 0.178. The minimum Gasteiger partial charge on any atom is -0.507 e. The van der Waals surface area contributed by atoms with Crippen LogP contribution in [0, 0.1) is 13.8 Å². The van der Waals surface area contributed by atoms with Crippen molar-refractivity contribution in [2.45, 2.75) is 53.0 Å². The summed E-state index contributed by atoms with van der Waals surface area (Å²) < 4.78 is 10.4. The van der Waals surface area contributed by atoms with Gasteiger partial charge in [0.05, 0.1) is 31.0 Å². The Morgan fingerprint density at radius 1 is 1.10 bits per heavy atom. The van der Waals surface area contributed by atoms with E-state index in [4.69, 9.17) is 9.47 Å². The third kappa shape index (κ3) is 5.18. The molecule has 9 heteroatoms. The van der Waals surface area contributed by atoms with Gasteiger partial charge in [0, 0.05) is 5.56 Å². The molecule has 2 aromatic carbocycles. The van der Waals surface area contributed by atoms with Crippen LogP contribution < -0.4 is 9.64 Å². The number of thiazole rings is 1. The summed E-state index contributed by atoms with van der Waals surface area (Å²) in [5, 5.41) is 11.7. The molecule has 1 N–H and O–H groups in total. The van der Waals surface area contributed by atoms with Crippen LogP contribution in [0.2, 0.25) is 0 Å². The van der Waals surface area contributed by atoms with Crippen molar-refractivity contribution in [2.24, 2.45) is 0 Å². The number of hydrogen-bond donors (Lipinski definition) is 1. The van der Waals surface area contributed by atoms with E-state index in [2.05, 4.69) is 25.8 Å². The van der Waals surface area contributed by atoms with E-state index >= 15 is 0 Å². The zero-order valence-electron chi connectivity index (χ0n) is 23.1. The highest BCUT2D eigenvalue weighted by atomic mass is 32.1. The van der Waals surface area contributed by atoms with Gasteiger partial charge in [-0.1, -0.05) is 56.4 Å². The zero-order valence-corrected chi connectivity index (χ0v) is 23.9. The van der Waals surface area contributed by atoms with Crippen molar-refractivity contribution >= 4 is 39.9 Å². The van der Waals surface area contributed by atoms with Crippen molar-refractivity contribution in [1.29, 1.82) is 0 Å². The first kappa shape index (κ1) is 28.0. The number of ketones is 1. The van der Waals surface area contributed by atoms with Gasteiger partial charge < -0.3 is 14.6 Å². The van der Waals surface area contributed by atoms with E-state index in [0.717, 1.165) is 16.9 Å². The number of anilines is 1. The molecule has 0 saturated carbocycles. The smallest absolute Gasteiger partial charge is 0.350 e. The van der Waals surface area contributed by atoms with Crippen LogP contribution in [0.25, 0.3) is 5.76 Å². The van der Waals surface area contributed by atoms with Crippen molar-refractivity contribution in [3.8, 4) is 5.75 Å². The SMILES string of the molecule is CCOC(=O)c1sc(N2C(=O)C(=O)C(=C(O)c3ccc(OC)cc3C)C2c2ccc(C(C)(C)C)cc2)nc1C. The van der Waals surface area contributed by atoms with Crippen LogP contribution in [0.15, 0.2) is 48.0 Å². The number of aromatic nitrogens is 1. The number of aliphatic hydroxyl groups is 1. The lowest BCUT2D eigenvalue weighted by atomic mass is 9.85. The Kier molecular flexibility index (Phi) is 7.66. The van der Waals surface area contributed by atoms with Gasteiger partial charge in [0.1, 0.15) is 16.4 Å². The lowest BCUT2D eigenvalue weighted by Crippen LogP contribution is -2.29. The van der Waals surface area contributed by atoms with Gasteiger partial charge in [-0.25, -0.2) is 9.78 Å². The van der Waals surface area contributed by atoms with Crippen LogP contribution >= 0.6 is 11.3 Å². The average Bonchev–Trinajstić information content (AvgIpc) is 3.40. The maximum atomic E-state index is 13.5. The Balaban J connectivity index is 1.93. The second-order valence-corrected chi connectivity index (χ2v) is 11.3. The normalized spacial score (nSPS) is 17.0. The first-order chi connectivity index (χ1) is 18.4. The molecule has 1 atom stereocenters. The van der Waals surface area contributed by atoms with Crippen molar-refractivity contribution < 1.29 is 29.0 Å². The van der Waals surface area contributed by atoms with Gasteiger partial charge in [-0.05, 0) is 61.1 Å². The number of carbonyl (C=O) groups excluding carboxylic acids is 3. The maximum Gasteiger partial charge on any atom is 0.350 e. The second-order valence-electron chi connectivity index (χ2n) is 10.4. The third-order valence-electron chi connectivity index (χ3n) is 6.68. The van der Waals surface area contributed by atoms with Gasteiger partial charge in [-0.3, -0.25) is 14.5 Å². The molecule has 39 heavy (non-hydrogen) atoms. The van der Waals surface area contributed by atoms with E-state index < -0.39 is 23.7 Å². The summed E-state index contributed by atoms with van der Waals surface area (Å²) in [6.45, 7) is 11.6. The van der Waals surface area contributed by atoms with Crippen molar-refractivity contribution in [1.82, 2.24) is 4.98 Å². The lowest BCUT2D eigenvalue weighted by molar-refractivity contribution is -0.132. The molecule has 1 aliphatic rings. The molecular formula is C30H32N2O6S. The summed E-state index contributed by atoms with van der Waals surface area (Å²) in [5.41, 5.74) is 3.01. The number of benzene rings is 2. The van der Waals surface area contributed by atoms with Crippen LogP contribution in [-0.2, 0) is 19.7 Å². The van der Waals surface area contributed by atoms with Gasteiger partial charge in [0.25, 0.3) is 5.78 Å². The van der Waals surface area contributed by atoms with Gasteiger partial charge in [0.2, 0.25) is 0 Å². The highest BCUT2D eigenvalue weighted by Gasteiger charge is 2.48. The number of rotatable bonds is 6. The standard InChI is InChI=1S/C30H32N2O6S/c1-8-38-28(36)26-17(3)31-29(39-26)32-23(18-9-11-19(12-10-18)30(4,5)6)22(25(34)27(32)35)24(33)21-14-13-20(37-7)15-16(21)2/h9-15,23,33H,8H2,1-7H3. The topological polar surface area (TPSA) is 106 Å². The molecule has 4 rings (SSSR count). The third-order valence-corrected chi connectivity index (χ3v) is 7.81. The molecule has 3 aromatic rings. The molecule has 1 saturated heterocycles. The summed E-state index contributed by atoms with van der Waals surface area (Å²) >= 11 is 0.981. The summed E-state index contributed by atoms with van der Waals surface area (Å²) in [6.07, 6.45) is 0. The van der Waals surface area contributed by atoms with E-state index in [0.29, 0.717) is 28.1 Å². The number of methoxy groups -OCH3 is 1. The predicted molar refractivity (Wildman–Crippen MR) is 150 cm³/mol. The van der Waals surface area contributed by atoms with E-state index in [1.54, 1.807) is 46.1 Å². The molecule has 8 nitrogen and oxygen atoms in total. The summed E-state index contributed by atoms with van der Waals surface area (Å²) in [4.78, 5) is 45.5. The number of aliphatic hydroxyl groups excluding tert-OH is 1. The van der Waals surface area contributed by atoms with Crippen LogP contribution in [-0.4, -0.2) is 41.5 Å². The average molecular weight is 549 g/mol. The molecular weight excluding hydrogens is 516 g/mol. The lowest BCUT2D eigenvalue weighted by Gasteiger charge is -2.25. The summed E-state index contributed by atoms with van der Waals surface area (Å²) in [6, 6.07) is 11.7. The first-order valence-electron chi connectivity index (χ1n) is 12.6. The van der Waals surface area contributed by atoms with Crippen molar-refractivity contribution in [3.05, 3.63) is 80.9 Å². The number of ether oxygens (including phenoxy) is 2. The fourth-order valence-electron chi connectivity index (χ4n) is 4.56. The number of hydrogen-bond acceptors (Lipinski definition) is 8. The minimum absolute atomic E-state index is 0.0534. The Morgan fingerprint density at radius 3 is 2.33 bits per heavy atom. The van der Waals surface area contributed by atoms with E-state index in [1.165, 1.54) is 4.90 Å². The molecule has 1 amide bonds. The van der Waals surface area contributed by atoms with Crippen LogP contribution in [0.5, 0.6) is 5.75 Å². The zero-order chi connectivity index (χ0) is 28.6. The van der Waals surface area contributed by atoms with E-state index in [-0.39, 0.29) is 33.4 Å². The summed E-state index contributed by atoms with van der Waals surface area (Å²) in [5.74, 6) is -1.91. The minimum atomic E-state index is -0.957. The number of amides is 1. The number of aryl methyl sites for hydroxylation is 2. The highest BCUT2D eigenvalue weighted by Crippen LogP contribution is 2.44. The van der Waals surface area contributed by atoms with Crippen LogP contribution in [0.4, 0.5) is 5.13 Å². The Hall–Kier alpha value is -3.98. The molecule has 1 aromatic heterocycles.